The SMILES string of the molecule is CC(=O)c1cc2c(cc1NC(=O)CN1CCn3cccc3C1C)OCO2. The van der Waals surface area contributed by atoms with Gasteiger partial charge in [0.1, 0.15) is 0 Å². The van der Waals surface area contributed by atoms with Crippen molar-refractivity contribution in [2.75, 3.05) is 25.2 Å². The molecule has 0 bridgehead atoms. The van der Waals surface area contributed by atoms with Crippen LogP contribution in [0.3, 0.4) is 0 Å². The maximum Gasteiger partial charge on any atom is 0.238 e. The normalized spacial score (nSPS) is 18.5. The van der Waals surface area contributed by atoms with Crippen molar-refractivity contribution in [2.45, 2.75) is 26.4 Å². The van der Waals surface area contributed by atoms with Crippen LogP contribution in [0.2, 0.25) is 0 Å². The number of carbonyl (C=O) groups excluding carboxylic acids is 2. The zero-order chi connectivity index (χ0) is 18.3. The minimum Gasteiger partial charge on any atom is -0.454 e. The van der Waals surface area contributed by atoms with Gasteiger partial charge in [-0.2, -0.15) is 0 Å². The van der Waals surface area contributed by atoms with Crippen molar-refractivity contribution in [1.82, 2.24) is 9.47 Å². The lowest BCUT2D eigenvalue weighted by Gasteiger charge is -2.34. The Morgan fingerprint density at radius 1 is 1.23 bits per heavy atom. The first-order valence-corrected chi connectivity index (χ1v) is 8.66. The predicted octanol–water partition coefficient (Wildman–Crippen LogP) is 2.43. The number of hydrogen-bond donors (Lipinski definition) is 1. The van der Waals surface area contributed by atoms with E-state index in [1.54, 1.807) is 12.1 Å². The van der Waals surface area contributed by atoms with Crippen molar-refractivity contribution >= 4 is 17.4 Å². The molecular weight excluding hydrogens is 334 g/mol. The summed E-state index contributed by atoms with van der Waals surface area (Å²) in [4.78, 5) is 26.7. The van der Waals surface area contributed by atoms with Gasteiger partial charge in [-0.05, 0) is 32.0 Å². The van der Waals surface area contributed by atoms with Crippen LogP contribution in [0.15, 0.2) is 30.5 Å². The molecule has 0 radical (unpaired) electrons. The molecule has 26 heavy (non-hydrogen) atoms. The number of benzene rings is 1. The molecule has 7 nitrogen and oxygen atoms in total. The number of ketones is 1. The molecule has 4 rings (SSSR count). The summed E-state index contributed by atoms with van der Waals surface area (Å²) in [7, 11) is 0. The Morgan fingerprint density at radius 3 is 2.77 bits per heavy atom. The van der Waals surface area contributed by atoms with Crippen molar-refractivity contribution in [3.05, 3.63) is 41.7 Å². The van der Waals surface area contributed by atoms with Crippen molar-refractivity contribution in [1.29, 1.82) is 0 Å². The zero-order valence-corrected chi connectivity index (χ0v) is 14.8. The van der Waals surface area contributed by atoms with E-state index in [4.69, 9.17) is 9.47 Å². The molecular formula is C19H21N3O4. The standard InChI is InChI=1S/C19H21N3O4/c1-12-16-4-3-5-21(16)6-7-22(12)10-19(24)20-15-9-18-17(25-11-26-18)8-14(15)13(2)23/h3-5,8-9,12H,6-7,10-11H2,1-2H3,(H,20,24). The van der Waals surface area contributed by atoms with E-state index in [9.17, 15) is 9.59 Å². The van der Waals surface area contributed by atoms with Gasteiger partial charge in [0.25, 0.3) is 0 Å². The van der Waals surface area contributed by atoms with Gasteiger partial charge >= 0.3 is 0 Å². The monoisotopic (exact) mass is 355 g/mol. The number of nitrogens with zero attached hydrogens (tertiary/aromatic N) is 2. The molecule has 136 valence electrons. The van der Waals surface area contributed by atoms with Crippen molar-refractivity contribution in [3.63, 3.8) is 0 Å². The molecule has 1 unspecified atom stereocenters. The summed E-state index contributed by atoms with van der Waals surface area (Å²) in [5.41, 5.74) is 2.08. The van der Waals surface area contributed by atoms with E-state index in [1.165, 1.54) is 12.6 Å². The molecule has 1 aromatic carbocycles. The van der Waals surface area contributed by atoms with Gasteiger partial charge in [0, 0.05) is 42.7 Å². The van der Waals surface area contributed by atoms with Crippen LogP contribution in [-0.4, -0.2) is 41.0 Å². The van der Waals surface area contributed by atoms with E-state index in [2.05, 4.69) is 34.0 Å². The molecule has 1 N–H and O–H groups in total. The summed E-state index contributed by atoms with van der Waals surface area (Å²) >= 11 is 0. The summed E-state index contributed by atoms with van der Waals surface area (Å²) in [6.45, 7) is 5.61. The number of fused-ring (bicyclic) bond motifs is 2. The smallest absolute Gasteiger partial charge is 0.238 e. The molecule has 0 saturated heterocycles. The van der Waals surface area contributed by atoms with Gasteiger partial charge in [-0.25, -0.2) is 0 Å². The molecule has 1 atom stereocenters. The van der Waals surface area contributed by atoms with Crippen LogP contribution in [0, 0.1) is 0 Å². The van der Waals surface area contributed by atoms with Gasteiger partial charge < -0.3 is 19.4 Å². The second-order valence-electron chi connectivity index (χ2n) is 6.63. The molecule has 2 aliphatic rings. The molecule has 0 saturated carbocycles. The molecule has 3 heterocycles. The van der Waals surface area contributed by atoms with Gasteiger partial charge in [-0.3, -0.25) is 14.5 Å². The van der Waals surface area contributed by atoms with Gasteiger partial charge in [0.2, 0.25) is 12.7 Å². The lowest BCUT2D eigenvalue weighted by Crippen LogP contribution is -2.41. The highest BCUT2D eigenvalue weighted by molar-refractivity contribution is 6.05. The Labute approximate surface area is 151 Å². The van der Waals surface area contributed by atoms with Crippen LogP contribution in [-0.2, 0) is 11.3 Å². The van der Waals surface area contributed by atoms with Crippen molar-refractivity contribution in [2.24, 2.45) is 0 Å². The van der Waals surface area contributed by atoms with Gasteiger partial charge in [0.15, 0.2) is 17.3 Å². The van der Waals surface area contributed by atoms with E-state index in [1.807, 2.05) is 6.07 Å². The second kappa shape index (κ2) is 6.49. The zero-order valence-electron chi connectivity index (χ0n) is 14.8. The number of anilines is 1. The number of amides is 1. The van der Waals surface area contributed by atoms with Crippen molar-refractivity contribution < 1.29 is 19.1 Å². The van der Waals surface area contributed by atoms with E-state index in [-0.39, 0.29) is 31.1 Å². The number of carbonyl (C=O) groups is 2. The first-order valence-electron chi connectivity index (χ1n) is 8.66. The molecule has 0 fully saturated rings. The molecule has 0 aliphatic carbocycles. The Kier molecular flexibility index (Phi) is 4.16. The van der Waals surface area contributed by atoms with E-state index < -0.39 is 0 Å². The molecule has 1 aromatic heterocycles. The van der Waals surface area contributed by atoms with Crippen LogP contribution in [0.1, 0.15) is 35.9 Å². The third-order valence-corrected chi connectivity index (χ3v) is 4.98. The van der Waals surface area contributed by atoms with E-state index in [0.29, 0.717) is 22.7 Å². The largest absolute Gasteiger partial charge is 0.454 e. The quantitative estimate of drug-likeness (QED) is 0.853. The predicted molar refractivity (Wildman–Crippen MR) is 95.6 cm³/mol. The Morgan fingerprint density at radius 2 is 2.00 bits per heavy atom. The van der Waals surface area contributed by atoms with E-state index in [0.717, 1.165) is 13.1 Å². The van der Waals surface area contributed by atoms with Crippen LogP contribution in [0.4, 0.5) is 5.69 Å². The molecule has 0 spiro atoms. The summed E-state index contributed by atoms with van der Waals surface area (Å²) in [5, 5.41) is 2.86. The van der Waals surface area contributed by atoms with Gasteiger partial charge in [0.05, 0.1) is 12.2 Å². The minimum atomic E-state index is -0.154. The highest BCUT2D eigenvalue weighted by atomic mass is 16.7. The fraction of sp³-hybridized carbons (Fsp3) is 0.368. The minimum absolute atomic E-state index is 0.120. The summed E-state index contributed by atoms with van der Waals surface area (Å²) in [6, 6.07) is 7.55. The van der Waals surface area contributed by atoms with Gasteiger partial charge in [-0.1, -0.05) is 0 Å². The number of aromatic nitrogens is 1. The summed E-state index contributed by atoms with van der Waals surface area (Å²) in [5.74, 6) is 0.772. The maximum atomic E-state index is 12.6. The van der Waals surface area contributed by atoms with Crippen LogP contribution < -0.4 is 14.8 Å². The van der Waals surface area contributed by atoms with Gasteiger partial charge in [-0.15, -0.1) is 0 Å². The highest BCUT2D eigenvalue weighted by Gasteiger charge is 2.26. The van der Waals surface area contributed by atoms with Crippen LogP contribution in [0.5, 0.6) is 11.5 Å². The number of ether oxygens (including phenoxy) is 2. The highest BCUT2D eigenvalue weighted by Crippen LogP contribution is 2.37. The van der Waals surface area contributed by atoms with Crippen LogP contribution in [0.25, 0.3) is 0 Å². The van der Waals surface area contributed by atoms with E-state index >= 15 is 0 Å². The Balaban J connectivity index is 1.50. The summed E-state index contributed by atoms with van der Waals surface area (Å²) < 4.78 is 12.9. The number of nitrogens with one attached hydrogen (secondary N) is 1. The topological polar surface area (TPSA) is 72.8 Å². The molecule has 1 amide bonds. The Hall–Kier alpha value is -2.80. The first kappa shape index (κ1) is 16.7. The van der Waals surface area contributed by atoms with Crippen molar-refractivity contribution in [3.8, 4) is 11.5 Å². The fourth-order valence-corrected chi connectivity index (χ4v) is 3.55. The average Bonchev–Trinajstić information content (AvgIpc) is 3.25. The molecule has 7 heteroatoms. The Bertz CT molecular complexity index is 874. The molecule has 2 aromatic rings. The third kappa shape index (κ3) is 2.94. The first-order chi connectivity index (χ1) is 12.5. The second-order valence-corrected chi connectivity index (χ2v) is 6.63. The molecule has 2 aliphatic heterocycles. The number of Topliss-reactive ketones (excluding diaryl/α,β-unsaturated/α-hetero) is 1. The summed E-state index contributed by atoms with van der Waals surface area (Å²) in [6.07, 6.45) is 2.06. The fourth-order valence-electron chi connectivity index (χ4n) is 3.55. The maximum absolute atomic E-state index is 12.6. The lowest BCUT2D eigenvalue weighted by molar-refractivity contribution is -0.118. The average molecular weight is 355 g/mol. The third-order valence-electron chi connectivity index (χ3n) is 4.98. The number of rotatable bonds is 4. The lowest BCUT2D eigenvalue weighted by atomic mass is 10.1. The van der Waals surface area contributed by atoms with Crippen LogP contribution >= 0.6 is 0 Å². The number of hydrogen-bond acceptors (Lipinski definition) is 5.